The van der Waals surface area contributed by atoms with Crippen LogP contribution in [0.4, 0.5) is 0 Å². The van der Waals surface area contributed by atoms with E-state index in [-0.39, 0.29) is 10.2 Å². The Hall–Kier alpha value is -0.820. The Morgan fingerprint density at radius 3 is 1.30 bits per heavy atom. The van der Waals surface area contributed by atoms with Crippen molar-refractivity contribution in [1.82, 2.24) is 0 Å². The maximum absolute atomic E-state index is 12.1. The zero-order valence-corrected chi connectivity index (χ0v) is 14.0. The van der Waals surface area contributed by atoms with Crippen molar-refractivity contribution in [2.45, 2.75) is 0 Å². The lowest BCUT2D eigenvalue weighted by Crippen LogP contribution is -2.05. The molecule has 6 heteroatoms. The molecule has 0 aliphatic carbocycles. The van der Waals surface area contributed by atoms with Crippen LogP contribution in [0.25, 0.3) is 0 Å². The largest absolute Gasteiger partial charge is 0.282 e. The van der Waals surface area contributed by atoms with Crippen LogP contribution in [0.5, 0.6) is 0 Å². The lowest BCUT2D eigenvalue weighted by atomic mass is 10.2. The third-order valence-electron chi connectivity index (χ3n) is 2.43. The van der Waals surface area contributed by atoms with E-state index in [4.69, 9.17) is 0 Å². The van der Waals surface area contributed by atoms with Gasteiger partial charge >= 0.3 is 0 Å². The van der Waals surface area contributed by atoms with Crippen LogP contribution >= 0.6 is 44.9 Å². The molecule has 0 fully saturated rings. The molecule has 0 bridgehead atoms. The summed E-state index contributed by atoms with van der Waals surface area (Å²) in [6.45, 7) is 0. The Morgan fingerprint density at radius 2 is 1.00 bits per heavy atom. The van der Waals surface area contributed by atoms with Crippen LogP contribution in [0.3, 0.4) is 0 Å². The van der Waals surface area contributed by atoms with E-state index in [0.29, 0.717) is 11.1 Å². The first-order chi connectivity index (χ1) is 9.70. The smallest absolute Gasteiger partial charge is 0.215 e. The molecule has 2 aromatic carbocycles. The Balaban J connectivity index is 0.000000956. The Labute approximate surface area is 136 Å². The van der Waals surface area contributed by atoms with Gasteiger partial charge in [-0.25, -0.2) is 0 Å². The molecule has 0 saturated carbocycles. The van der Waals surface area contributed by atoms with E-state index in [1.54, 1.807) is 48.5 Å². The van der Waals surface area contributed by atoms with Crippen molar-refractivity contribution in [3.63, 3.8) is 0 Å². The van der Waals surface area contributed by atoms with Crippen molar-refractivity contribution in [2.24, 2.45) is 0 Å². The van der Waals surface area contributed by atoms with Gasteiger partial charge in [-0.05, 0) is 0 Å². The molecular weight excluding hydrogens is 328 g/mol. The second kappa shape index (κ2) is 9.18. The molecule has 0 saturated heterocycles. The molecule has 0 aromatic heterocycles. The normalized spacial score (nSPS) is 10.1. The van der Waals surface area contributed by atoms with E-state index < -0.39 is 9.93 Å². The lowest BCUT2D eigenvalue weighted by molar-refractivity contribution is 0.106. The minimum absolute atomic E-state index is 0.206. The van der Waals surface area contributed by atoms with Crippen molar-refractivity contribution >= 4 is 55.1 Å². The number of hydrogen-bond donors (Lipinski definition) is 4. The molecule has 106 valence electrons. The van der Waals surface area contributed by atoms with E-state index >= 15 is 0 Å². The van der Waals surface area contributed by atoms with Crippen LogP contribution in [-0.4, -0.2) is 10.2 Å². The SMILES string of the molecule is O=C(c1ccccc1)[SH](S)C(=O)c1ccccc1.SS. The van der Waals surface area contributed by atoms with Gasteiger partial charge in [0, 0.05) is 11.1 Å². The van der Waals surface area contributed by atoms with Gasteiger partial charge in [0.05, 0.1) is 0 Å². The van der Waals surface area contributed by atoms with Crippen molar-refractivity contribution < 1.29 is 9.59 Å². The Kier molecular flexibility index (Phi) is 7.91. The molecule has 0 amide bonds. The first-order valence-corrected chi connectivity index (χ1v) is 9.67. The zero-order chi connectivity index (χ0) is 15.0. The predicted octanol–water partition coefficient (Wildman–Crippen LogP) is 4.27. The highest BCUT2D eigenvalue weighted by atomic mass is 33.1. The van der Waals surface area contributed by atoms with Gasteiger partial charge < -0.3 is 0 Å². The molecule has 0 atom stereocenters. The summed E-state index contributed by atoms with van der Waals surface area (Å²) in [7, 11) is -1.64. The molecule has 2 rings (SSSR count). The van der Waals surface area contributed by atoms with Gasteiger partial charge in [0.25, 0.3) is 0 Å². The number of thiol groups is 4. The average Bonchev–Trinajstić information content (AvgIpc) is 2.56. The maximum Gasteiger partial charge on any atom is 0.215 e. The van der Waals surface area contributed by atoms with E-state index in [0.717, 1.165) is 0 Å². The molecule has 0 spiro atoms. The van der Waals surface area contributed by atoms with Gasteiger partial charge in [-0.15, -0.1) is 35.0 Å². The van der Waals surface area contributed by atoms with Gasteiger partial charge in [-0.1, -0.05) is 70.6 Å². The summed E-state index contributed by atoms with van der Waals surface area (Å²) in [5.74, 6) is 0. The second-order valence-electron chi connectivity index (χ2n) is 3.65. The van der Waals surface area contributed by atoms with Gasteiger partial charge in [0.1, 0.15) is 0 Å². The van der Waals surface area contributed by atoms with Crippen molar-refractivity contribution in [2.75, 3.05) is 0 Å². The first kappa shape index (κ1) is 17.2. The summed E-state index contributed by atoms with van der Waals surface area (Å²) < 4.78 is 0. The van der Waals surface area contributed by atoms with Crippen LogP contribution in [-0.2, 0) is 0 Å². The van der Waals surface area contributed by atoms with Gasteiger partial charge in [-0.2, -0.15) is 0 Å². The van der Waals surface area contributed by atoms with Crippen LogP contribution in [0.15, 0.2) is 60.7 Å². The van der Waals surface area contributed by atoms with E-state index in [1.165, 1.54) is 0 Å². The summed E-state index contributed by atoms with van der Waals surface area (Å²) in [5, 5.41) is -0.412. The molecule has 2 aromatic rings. The molecule has 0 heterocycles. The number of rotatable bonds is 2. The first-order valence-electron chi connectivity index (χ1n) is 5.58. The Bertz CT molecular complexity index is 506. The van der Waals surface area contributed by atoms with Crippen LogP contribution in [0.1, 0.15) is 20.7 Å². The maximum atomic E-state index is 12.1. The van der Waals surface area contributed by atoms with Gasteiger partial charge in [-0.3, -0.25) is 9.59 Å². The van der Waals surface area contributed by atoms with Gasteiger partial charge in [0.15, 0.2) is 0 Å². The zero-order valence-electron chi connectivity index (χ0n) is 10.4. The summed E-state index contributed by atoms with van der Waals surface area (Å²) >= 11 is 10.7. The average molecular weight is 343 g/mol. The predicted molar refractivity (Wildman–Crippen MR) is 97.5 cm³/mol. The second-order valence-corrected chi connectivity index (χ2v) is 6.29. The molecular formula is C14H14O2S4. The summed E-state index contributed by atoms with van der Waals surface area (Å²) in [5.41, 5.74) is 1.06. The van der Waals surface area contributed by atoms with E-state index in [9.17, 15) is 9.59 Å². The summed E-state index contributed by atoms with van der Waals surface area (Å²) in [4.78, 5) is 24.2. The fourth-order valence-corrected chi connectivity index (χ4v) is 3.16. The topological polar surface area (TPSA) is 34.1 Å². The van der Waals surface area contributed by atoms with Crippen LogP contribution < -0.4 is 0 Å². The van der Waals surface area contributed by atoms with Gasteiger partial charge in [0.2, 0.25) is 10.2 Å². The molecule has 0 unspecified atom stereocenters. The highest BCUT2D eigenvalue weighted by molar-refractivity contribution is 8.90. The standard InChI is InChI=1S/C14H12O2S2.H2S2/c15-13(11-7-3-1-4-8-11)18(17)14(16)12-9-5-2-6-10-12;1-2/h1-10,17-18H;1-2H. The van der Waals surface area contributed by atoms with Crippen molar-refractivity contribution in [3.8, 4) is 0 Å². The molecule has 0 aliphatic heterocycles. The number of carbonyl (C=O) groups is 2. The Morgan fingerprint density at radius 1 is 0.700 bits per heavy atom. The third-order valence-corrected chi connectivity index (χ3v) is 4.80. The number of hydrogen-bond acceptors (Lipinski definition) is 5. The fourth-order valence-electron chi connectivity index (χ4n) is 1.50. The van der Waals surface area contributed by atoms with E-state index in [2.05, 4.69) is 35.0 Å². The molecule has 20 heavy (non-hydrogen) atoms. The monoisotopic (exact) mass is 342 g/mol. The summed E-state index contributed by atoms with van der Waals surface area (Å²) in [6.07, 6.45) is 0. The van der Waals surface area contributed by atoms with Crippen molar-refractivity contribution in [3.05, 3.63) is 71.8 Å². The third kappa shape index (κ3) is 4.63. The molecule has 2 nitrogen and oxygen atoms in total. The number of carbonyl (C=O) groups excluding carboxylic acids is 2. The highest BCUT2D eigenvalue weighted by Gasteiger charge is 2.20. The molecule has 0 aliphatic rings. The van der Waals surface area contributed by atoms with Crippen LogP contribution in [0, 0.1) is 0 Å². The lowest BCUT2D eigenvalue weighted by Gasteiger charge is -2.12. The minimum Gasteiger partial charge on any atom is -0.282 e. The highest BCUT2D eigenvalue weighted by Crippen LogP contribution is 2.38. The quantitative estimate of drug-likeness (QED) is 0.486. The fraction of sp³-hybridized carbons (Fsp3) is 0. The minimum atomic E-state index is -1.64. The molecule has 0 radical (unpaired) electrons. The number of benzene rings is 2. The van der Waals surface area contributed by atoms with E-state index in [1.807, 2.05) is 12.1 Å². The summed E-state index contributed by atoms with van der Waals surface area (Å²) in [6, 6.07) is 17.6. The van der Waals surface area contributed by atoms with Crippen molar-refractivity contribution in [1.29, 1.82) is 0 Å². The molecule has 0 N–H and O–H groups in total. The van der Waals surface area contributed by atoms with Crippen LogP contribution in [0.2, 0.25) is 0 Å².